The van der Waals surface area contributed by atoms with E-state index in [4.69, 9.17) is 18.5 Å². The molecule has 36 heavy (non-hydrogen) atoms. The number of carbonyl (C=O) groups is 1. The summed E-state index contributed by atoms with van der Waals surface area (Å²) in [5.74, 6) is -0.560. The van der Waals surface area contributed by atoms with Gasteiger partial charge in [0, 0.05) is 12.3 Å². The Morgan fingerprint density at radius 1 is 1.28 bits per heavy atom. The standard InChI is InChI=1S/C22H29FN3O9P/c1-13(2)33-19(29)14(3)25-36(31,35-15-8-6-5-7-9-15)32-12-16-18(28)22(4,23)20(34-16)26-11-10-17(27)24-21(26)30/h5-11,13-14,16,18,20,28H,12H2,1-4H3,(H,25,31)(H,24,27,30)/t14?,16-,18-,20-,22-,36-/m1/s1. The first-order chi connectivity index (χ1) is 16.8. The highest BCUT2D eigenvalue weighted by Crippen LogP contribution is 2.47. The number of aliphatic hydroxyl groups is 1. The molecule has 1 saturated heterocycles. The molecule has 2 heterocycles. The van der Waals surface area contributed by atoms with Crippen molar-refractivity contribution in [3.63, 3.8) is 0 Å². The largest absolute Gasteiger partial charge is 0.462 e. The first kappa shape index (κ1) is 27.8. The number of alkyl halides is 1. The molecule has 1 fully saturated rings. The molecule has 1 unspecified atom stereocenters. The van der Waals surface area contributed by atoms with E-state index in [-0.39, 0.29) is 5.75 Å². The number of rotatable bonds is 10. The fourth-order valence-electron chi connectivity index (χ4n) is 3.47. The summed E-state index contributed by atoms with van der Waals surface area (Å²) in [6, 6.07) is 7.86. The third-order valence-electron chi connectivity index (χ3n) is 5.26. The topological polar surface area (TPSA) is 158 Å². The number of ether oxygens (including phenoxy) is 2. The maximum atomic E-state index is 15.4. The van der Waals surface area contributed by atoms with Crippen LogP contribution in [-0.4, -0.2) is 57.3 Å². The number of carbonyl (C=O) groups excluding carboxylic acids is 1. The normalized spacial score (nSPS) is 26.4. The molecule has 1 aliphatic heterocycles. The van der Waals surface area contributed by atoms with Gasteiger partial charge in [-0.3, -0.25) is 23.7 Å². The fraction of sp³-hybridized carbons (Fsp3) is 0.500. The maximum Gasteiger partial charge on any atom is 0.459 e. The van der Waals surface area contributed by atoms with E-state index in [1.54, 1.807) is 32.0 Å². The van der Waals surface area contributed by atoms with E-state index in [0.29, 0.717) is 0 Å². The zero-order chi connectivity index (χ0) is 26.7. The van der Waals surface area contributed by atoms with E-state index in [0.717, 1.165) is 23.8 Å². The molecule has 3 N–H and O–H groups in total. The van der Waals surface area contributed by atoms with Crippen molar-refractivity contribution in [1.29, 1.82) is 0 Å². The summed E-state index contributed by atoms with van der Waals surface area (Å²) in [5, 5.41) is 13.0. The fourth-order valence-corrected chi connectivity index (χ4v) is 4.97. The van der Waals surface area contributed by atoms with Crippen molar-refractivity contribution in [3.05, 3.63) is 63.4 Å². The molecule has 1 aliphatic rings. The molecule has 0 amide bonds. The molecule has 0 saturated carbocycles. The van der Waals surface area contributed by atoms with Crippen LogP contribution in [0, 0.1) is 0 Å². The zero-order valence-electron chi connectivity index (χ0n) is 20.1. The Morgan fingerprint density at radius 3 is 2.56 bits per heavy atom. The second-order valence-electron chi connectivity index (χ2n) is 8.67. The number of aliphatic hydroxyl groups excluding tert-OH is 1. The van der Waals surface area contributed by atoms with Crippen molar-refractivity contribution in [1.82, 2.24) is 14.6 Å². The van der Waals surface area contributed by atoms with Crippen molar-refractivity contribution in [2.75, 3.05) is 6.61 Å². The number of halogens is 1. The number of nitrogens with zero attached hydrogens (tertiary/aromatic N) is 1. The average Bonchev–Trinajstić information content (AvgIpc) is 3.01. The van der Waals surface area contributed by atoms with Crippen LogP contribution in [0.2, 0.25) is 0 Å². The van der Waals surface area contributed by atoms with Crippen molar-refractivity contribution in [2.45, 2.75) is 63.9 Å². The number of hydrogen-bond acceptors (Lipinski definition) is 9. The number of hydrogen-bond donors (Lipinski definition) is 3. The third kappa shape index (κ3) is 6.48. The second-order valence-corrected chi connectivity index (χ2v) is 10.4. The van der Waals surface area contributed by atoms with Gasteiger partial charge in [-0.05, 0) is 39.8 Å². The van der Waals surface area contributed by atoms with Crippen molar-refractivity contribution < 1.29 is 37.4 Å². The lowest BCUT2D eigenvalue weighted by Gasteiger charge is -2.25. The van der Waals surface area contributed by atoms with Crippen molar-refractivity contribution >= 4 is 13.7 Å². The Labute approximate surface area is 205 Å². The van der Waals surface area contributed by atoms with Gasteiger partial charge in [0.2, 0.25) is 0 Å². The monoisotopic (exact) mass is 529 g/mol. The summed E-state index contributed by atoms with van der Waals surface area (Å²) in [6.07, 6.45) is -4.21. The number of H-pyrrole nitrogens is 1. The van der Waals surface area contributed by atoms with Crippen molar-refractivity contribution in [2.24, 2.45) is 0 Å². The van der Waals surface area contributed by atoms with Gasteiger partial charge < -0.3 is 19.1 Å². The molecular formula is C22H29FN3O9P. The summed E-state index contributed by atoms with van der Waals surface area (Å²) in [6.45, 7) is 5.07. The van der Waals surface area contributed by atoms with E-state index in [2.05, 4.69) is 5.09 Å². The average molecular weight is 529 g/mol. The summed E-state index contributed by atoms with van der Waals surface area (Å²) < 4.78 is 51.4. The van der Waals surface area contributed by atoms with Crippen LogP contribution in [0.15, 0.2) is 52.2 Å². The Morgan fingerprint density at radius 2 is 1.94 bits per heavy atom. The first-order valence-electron chi connectivity index (χ1n) is 11.1. The molecule has 2 aromatic rings. The minimum absolute atomic E-state index is 0.152. The van der Waals surface area contributed by atoms with E-state index in [1.165, 1.54) is 19.1 Å². The molecule has 3 rings (SSSR count). The van der Waals surface area contributed by atoms with E-state index in [1.807, 2.05) is 4.98 Å². The molecule has 0 bridgehead atoms. The van der Waals surface area contributed by atoms with Gasteiger partial charge >= 0.3 is 19.4 Å². The number of para-hydroxylation sites is 1. The second kappa shape index (κ2) is 11.1. The first-order valence-corrected chi connectivity index (χ1v) is 12.7. The Hall–Kier alpha value is -2.83. The quantitative estimate of drug-likeness (QED) is 0.305. The van der Waals surface area contributed by atoms with Crippen LogP contribution in [0.5, 0.6) is 5.75 Å². The van der Waals surface area contributed by atoms with E-state index in [9.17, 15) is 24.1 Å². The smallest absolute Gasteiger partial charge is 0.459 e. The molecule has 0 radical (unpaired) electrons. The molecule has 0 spiro atoms. The Bertz CT molecular complexity index is 1220. The molecular weight excluding hydrogens is 500 g/mol. The molecule has 1 aromatic heterocycles. The molecule has 14 heteroatoms. The number of nitrogens with one attached hydrogen (secondary N) is 2. The maximum absolute atomic E-state index is 15.4. The minimum atomic E-state index is -4.30. The lowest BCUT2D eigenvalue weighted by molar-refractivity contribution is -0.149. The van der Waals surface area contributed by atoms with Gasteiger partial charge in [-0.2, -0.15) is 5.09 Å². The lowest BCUT2D eigenvalue weighted by atomic mass is 9.98. The highest BCUT2D eigenvalue weighted by atomic mass is 31.2. The molecule has 1 aromatic carbocycles. The predicted molar refractivity (Wildman–Crippen MR) is 125 cm³/mol. The molecule has 198 valence electrons. The van der Waals surface area contributed by atoms with Crippen LogP contribution in [0.4, 0.5) is 4.39 Å². The van der Waals surface area contributed by atoms with Gasteiger partial charge in [-0.1, -0.05) is 18.2 Å². The van der Waals surface area contributed by atoms with Gasteiger partial charge in [0.15, 0.2) is 11.9 Å². The zero-order valence-corrected chi connectivity index (χ0v) is 21.0. The van der Waals surface area contributed by atoms with E-state index < -0.39 is 67.8 Å². The Kier molecular flexibility index (Phi) is 8.52. The van der Waals surface area contributed by atoms with Crippen LogP contribution in [0.3, 0.4) is 0 Å². The number of aromatic nitrogens is 2. The van der Waals surface area contributed by atoms with Crippen LogP contribution in [0.25, 0.3) is 0 Å². The van der Waals surface area contributed by atoms with Crippen molar-refractivity contribution in [3.8, 4) is 5.75 Å². The van der Waals surface area contributed by atoms with Crippen LogP contribution < -0.4 is 20.9 Å². The van der Waals surface area contributed by atoms with E-state index >= 15 is 4.39 Å². The molecule has 0 aliphatic carbocycles. The Balaban J connectivity index is 1.80. The van der Waals surface area contributed by atoms with Gasteiger partial charge in [0.1, 0.15) is 24.0 Å². The predicted octanol–water partition coefficient (Wildman–Crippen LogP) is 1.66. The third-order valence-corrected chi connectivity index (χ3v) is 6.90. The number of aromatic amines is 1. The highest BCUT2D eigenvalue weighted by molar-refractivity contribution is 7.52. The summed E-state index contributed by atoms with van der Waals surface area (Å²) in [7, 11) is -4.30. The van der Waals surface area contributed by atoms with Crippen LogP contribution in [0.1, 0.15) is 33.9 Å². The van der Waals surface area contributed by atoms with Crippen LogP contribution in [-0.2, 0) is 23.4 Å². The lowest BCUT2D eigenvalue weighted by Crippen LogP contribution is -2.43. The molecule has 6 atom stereocenters. The summed E-state index contributed by atoms with van der Waals surface area (Å²) in [5.41, 5.74) is -4.12. The SMILES string of the molecule is CC(C)OC(=O)C(C)N[P@@](=O)(OC[C@H]1O[C@@H](n2ccc(=O)[nH]c2=O)[C@](C)(F)[C@@H]1O)Oc1ccccc1. The van der Waals surface area contributed by atoms with Gasteiger partial charge in [0.25, 0.3) is 5.56 Å². The highest BCUT2D eigenvalue weighted by Gasteiger charge is 2.55. The number of esters is 1. The van der Waals surface area contributed by atoms with Gasteiger partial charge in [-0.25, -0.2) is 13.8 Å². The molecule has 12 nitrogen and oxygen atoms in total. The van der Waals surface area contributed by atoms with Gasteiger partial charge in [0.05, 0.1) is 12.7 Å². The van der Waals surface area contributed by atoms with Crippen LogP contribution >= 0.6 is 7.75 Å². The number of benzene rings is 1. The summed E-state index contributed by atoms with van der Waals surface area (Å²) in [4.78, 5) is 37.7. The van der Waals surface area contributed by atoms with Gasteiger partial charge in [-0.15, -0.1) is 0 Å². The summed E-state index contributed by atoms with van der Waals surface area (Å²) >= 11 is 0. The minimum Gasteiger partial charge on any atom is -0.462 e.